The Kier molecular flexibility index (Phi) is 10.6. The van der Waals surface area contributed by atoms with Gasteiger partial charge in [0.15, 0.2) is 5.96 Å². The zero-order valence-electron chi connectivity index (χ0n) is 18.5. The number of halogens is 1. The molecule has 3 rings (SSSR count). The van der Waals surface area contributed by atoms with E-state index >= 15 is 0 Å². The Bertz CT molecular complexity index is 753. The molecule has 0 amide bonds. The van der Waals surface area contributed by atoms with Crippen LogP contribution >= 0.6 is 24.0 Å². The van der Waals surface area contributed by atoms with E-state index in [0.717, 1.165) is 49.5 Å². The van der Waals surface area contributed by atoms with E-state index < -0.39 is 0 Å². The summed E-state index contributed by atoms with van der Waals surface area (Å²) in [4.78, 5) is 11.3. The number of likely N-dealkylation sites (tertiary alicyclic amines) is 1. The molecule has 0 aliphatic carbocycles. The van der Waals surface area contributed by atoms with Crippen molar-refractivity contribution in [1.82, 2.24) is 20.5 Å². The van der Waals surface area contributed by atoms with Gasteiger partial charge < -0.3 is 10.6 Å². The number of guanidine groups is 1. The van der Waals surface area contributed by atoms with Crippen molar-refractivity contribution >= 4 is 29.9 Å². The van der Waals surface area contributed by atoms with Gasteiger partial charge >= 0.3 is 0 Å². The number of hydrogen-bond donors (Lipinski definition) is 2. The van der Waals surface area contributed by atoms with E-state index in [-0.39, 0.29) is 24.0 Å². The molecule has 0 radical (unpaired) electrons. The van der Waals surface area contributed by atoms with Gasteiger partial charge in [-0.25, -0.2) is 0 Å². The smallest absolute Gasteiger partial charge is 0.191 e. The molecule has 164 valence electrons. The first kappa shape index (κ1) is 24.6. The van der Waals surface area contributed by atoms with E-state index in [9.17, 15) is 0 Å². The number of nitrogens with zero attached hydrogens (tertiary/aromatic N) is 3. The summed E-state index contributed by atoms with van der Waals surface area (Å²) in [6, 6.07) is 15.0. The predicted molar refractivity (Wildman–Crippen MR) is 136 cm³/mol. The Morgan fingerprint density at radius 1 is 1.03 bits per heavy atom. The highest BCUT2D eigenvalue weighted by Crippen LogP contribution is 2.22. The minimum absolute atomic E-state index is 0. The summed E-state index contributed by atoms with van der Waals surface area (Å²) in [6.07, 6.45) is 4.07. The average molecular weight is 521 g/mol. The van der Waals surface area contributed by atoms with Crippen molar-refractivity contribution in [3.63, 3.8) is 0 Å². The van der Waals surface area contributed by atoms with Crippen molar-refractivity contribution < 1.29 is 0 Å². The van der Waals surface area contributed by atoms with Crippen LogP contribution in [0.5, 0.6) is 0 Å². The highest BCUT2D eigenvalue weighted by atomic mass is 127. The highest BCUT2D eigenvalue weighted by Gasteiger charge is 2.21. The van der Waals surface area contributed by atoms with Crippen LogP contribution in [0.1, 0.15) is 37.1 Å². The number of pyridine rings is 1. The van der Waals surface area contributed by atoms with Gasteiger partial charge in [-0.15, -0.1) is 24.0 Å². The minimum atomic E-state index is 0. The number of piperidine rings is 1. The summed E-state index contributed by atoms with van der Waals surface area (Å²) in [5.41, 5.74) is 3.75. The third kappa shape index (κ3) is 8.22. The number of hydrogen-bond acceptors (Lipinski definition) is 3. The van der Waals surface area contributed by atoms with Crippen molar-refractivity contribution in [2.45, 2.75) is 39.8 Å². The van der Waals surface area contributed by atoms with Gasteiger partial charge in [-0.05, 0) is 41.5 Å². The number of nitrogens with one attached hydrogen (secondary N) is 2. The molecule has 1 aliphatic heterocycles. The molecule has 6 heteroatoms. The molecule has 1 saturated heterocycles. The number of benzene rings is 1. The number of aromatic nitrogens is 1. The standard InChI is InChI=1S/C24H35N5.HI/c1-19-14-20(2)17-29(16-19)18-22-9-7-21(8-10-22)15-28-24(25-3)27-13-11-23-6-4-5-12-26-23;/h4-10,12,19-20H,11,13-18H2,1-3H3,(H2,25,27,28);1H. The lowest BCUT2D eigenvalue weighted by atomic mass is 9.91. The molecule has 1 aromatic heterocycles. The second kappa shape index (κ2) is 12.9. The van der Waals surface area contributed by atoms with Gasteiger partial charge in [-0.3, -0.25) is 14.9 Å². The zero-order valence-corrected chi connectivity index (χ0v) is 20.8. The Balaban J connectivity index is 0.00000320. The van der Waals surface area contributed by atoms with E-state index in [1.54, 1.807) is 7.05 Å². The van der Waals surface area contributed by atoms with Gasteiger partial charge in [0.1, 0.15) is 0 Å². The van der Waals surface area contributed by atoms with Crippen molar-refractivity contribution in [3.8, 4) is 0 Å². The third-order valence-electron chi connectivity index (χ3n) is 5.46. The maximum Gasteiger partial charge on any atom is 0.191 e. The summed E-state index contributed by atoms with van der Waals surface area (Å²) in [5.74, 6) is 2.43. The largest absolute Gasteiger partial charge is 0.356 e. The van der Waals surface area contributed by atoms with Crippen LogP contribution in [0.25, 0.3) is 0 Å². The summed E-state index contributed by atoms with van der Waals surface area (Å²) >= 11 is 0. The molecular formula is C24H36IN5. The molecule has 2 atom stereocenters. The monoisotopic (exact) mass is 521 g/mol. The molecule has 0 saturated carbocycles. The van der Waals surface area contributed by atoms with Crippen LogP contribution < -0.4 is 10.6 Å². The summed E-state index contributed by atoms with van der Waals surface area (Å²) in [7, 11) is 1.81. The van der Waals surface area contributed by atoms with Crippen LogP contribution in [0.15, 0.2) is 53.7 Å². The van der Waals surface area contributed by atoms with Crippen LogP contribution in [-0.4, -0.2) is 42.5 Å². The van der Waals surface area contributed by atoms with Crippen molar-refractivity contribution in [2.24, 2.45) is 16.8 Å². The molecule has 1 fully saturated rings. The SMILES string of the molecule is CN=C(NCCc1ccccn1)NCc1ccc(CN2CC(C)CC(C)C2)cc1.I. The van der Waals surface area contributed by atoms with E-state index in [1.165, 1.54) is 30.6 Å². The first-order valence-corrected chi connectivity index (χ1v) is 10.8. The lowest BCUT2D eigenvalue weighted by Crippen LogP contribution is -2.38. The normalized spacial score (nSPS) is 19.8. The van der Waals surface area contributed by atoms with E-state index in [1.807, 2.05) is 24.4 Å². The first-order chi connectivity index (χ1) is 14.1. The lowest BCUT2D eigenvalue weighted by molar-refractivity contribution is 0.134. The van der Waals surface area contributed by atoms with Crippen LogP contribution in [0.2, 0.25) is 0 Å². The molecule has 30 heavy (non-hydrogen) atoms. The maximum atomic E-state index is 4.35. The van der Waals surface area contributed by atoms with Crippen LogP contribution in [0.3, 0.4) is 0 Å². The van der Waals surface area contributed by atoms with Gasteiger partial charge in [0.05, 0.1) is 0 Å². The van der Waals surface area contributed by atoms with E-state index in [2.05, 4.69) is 63.6 Å². The zero-order chi connectivity index (χ0) is 20.5. The molecule has 0 spiro atoms. The molecular weight excluding hydrogens is 485 g/mol. The second-order valence-corrected chi connectivity index (χ2v) is 8.38. The van der Waals surface area contributed by atoms with Gasteiger partial charge in [0.2, 0.25) is 0 Å². The van der Waals surface area contributed by atoms with Gasteiger partial charge in [0, 0.05) is 58.1 Å². The average Bonchev–Trinajstić information content (AvgIpc) is 2.71. The fourth-order valence-electron chi connectivity index (χ4n) is 4.20. The number of aliphatic imine (C=N–C) groups is 1. The maximum absolute atomic E-state index is 4.35. The van der Waals surface area contributed by atoms with Crippen molar-refractivity contribution in [3.05, 3.63) is 65.5 Å². The molecule has 2 heterocycles. The summed E-state index contributed by atoms with van der Waals surface area (Å²) < 4.78 is 0. The molecule has 1 aromatic carbocycles. The Morgan fingerprint density at radius 3 is 2.37 bits per heavy atom. The van der Waals surface area contributed by atoms with Crippen LogP contribution in [-0.2, 0) is 19.5 Å². The van der Waals surface area contributed by atoms with E-state index in [0.29, 0.717) is 0 Å². The Morgan fingerprint density at radius 2 is 1.73 bits per heavy atom. The van der Waals surface area contributed by atoms with Crippen LogP contribution in [0, 0.1) is 11.8 Å². The third-order valence-corrected chi connectivity index (χ3v) is 5.46. The number of rotatable bonds is 7. The predicted octanol–water partition coefficient (Wildman–Crippen LogP) is 4.09. The molecule has 2 N–H and O–H groups in total. The topological polar surface area (TPSA) is 52.6 Å². The Hall–Kier alpha value is -1.67. The van der Waals surface area contributed by atoms with Gasteiger partial charge in [-0.1, -0.05) is 44.2 Å². The van der Waals surface area contributed by atoms with Gasteiger partial charge in [0.25, 0.3) is 0 Å². The quantitative estimate of drug-likeness (QED) is 0.328. The van der Waals surface area contributed by atoms with Crippen molar-refractivity contribution in [1.29, 1.82) is 0 Å². The fourth-order valence-corrected chi connectivity index (χ4v) is 4.20. The van der Waals surface area contributed by atoms with E-state index in [4.69, 9.17) is 0 Å². The molecule has 5 nitrogen and oxygen atoms in total. The van der Waals surface area contributed by atoms with Gasteiger partial charge in [-0.2, -0.15) is 0 Å². The summed E-state index contributed by atoms with van der Waals surface area (Å²) in [5, 5.41) is 6.75. The molecule has 2 aromatic rings. The second-order valence-electron chi connectivity index (χ2n) is 8.38. The molecule has 2 unspecified atom stereocenters. The Labute approximate surface area is 198 Å². The lowest BCUT2D eigenvalue weighted by Gasteiger charge is -2.35. The fraction of sp³-hybridized carbons (Fsp3) is 0.500. The van der Waals surface area contributed by atoms with Crippen molar-refractivity contribution in [2.75, 3.05) is 26.7 Å². The van der Waals surface area contributed by atoms with Crippen LogP contribution in [0.4, 0.5) is 0 Å². The highest BCUT2D eigenvalue weighted by molar-refractivity contribution is 14.0. The first-order valence-electron chi connectivity index (χ1n) is 10.8. The summed E-state index contributed by atoms with van der Waals surface area (Å²) in [6.45, 7) is 9.80. The minimum Gasteiger partial charge on any atom is -0.356 e. The molecule has 1 aliphatic rings. The molecule has 0 bridgehead atoms.